The molecule has 3 unspecified atom stereocenters. The summed E-state index contributed by atoms with van der Waals surface area (Å²) in [5, 5.41) is 3.06. The van der Waals surface area contributed by atoms with Crippen molar-refractivity contribution in [2.24, 2.45) is 0 Å². The number of rotatable bonds is 61. The minimum atomic E-state index is -4.46. The Kier molecular flexibility index (Phi) is 58.2. The number of allylic oxidation sites excluding steroid dienone is 13. The minimum Gasteiger partial charge on any atom is -0.456 e. The molecular formula is C71H130N2O7P+. The molecule has 0 aliphatic rings. The fourth-order valence-electron chi connectivity index (χ4n) is 9.56. The topological polar surface area (TPSA) is 111 Å². The molecule has 0 aromatic carbocycles. The third-order valence-electron chi connectivity index (χ3n) is 14.8. The van der Waals surface area contributed by atoms with Crippen LogP contribution in [0, 0.1) is 0 Å². The molecule has 3 atom stereocenters. The van der Waals surface area contributed by atoms with Gasteiger partial charge in [-0.05, 0) is 102 Å². The molecule has 0 radical (unpaired) electrons. The molecule has 9 nitrogen and oxygen atoms in total. The van der Waals surface area contributed by atoms with Crippen LogP contribution in [0.2, 0.25) is 0 Å². The van der Waals surface area contributed by atoms with Crippen LogP contribution in [0.4, 0.5) is 0 Å². The van der Waals surface area contributed by atoms with Crippen LogP contribution in [0.3, 0.4) is 0 Å². The molecule has 0 fully saturated rings. The number of hydrogen-bond donors (Lipinski definition) is 2. The number of phosphoric ester groups is 1. The molecule has 10 heteroatoms. The van der Waals surface area contributed by atoms with Gasteiger partial charge in [0, 0.05) is 12.8 Å². The van der Waals surface area contributed by atoms with Gasteiger partial charge in [0.1, 0.15) is 19.3 Å². The van der Waals surface area contributed by atoms with Gasteiger partial charge in [0.25, 0.3) is 0 Å². The molecule has 0 aromatic heterocycles. The standard InChI is InChI=1S/C71H129N2O7P/c1-7-10-13-16-19-22-25-28-30-31-32-33-34-35-36-37-38-39-40-41-43-45-48-51-54-57-60-63-70(74)72-68(67-79-81(76,77)78-66-65-73(4,5)6)69(62-59-56-53-50-47-44-27-24-21-18-15-12-9-3)80-71(75)64-61-58-55-52-49-46-42-29-26-23-20-17-14-11-8-2/h19-20,22-23,26,28-30,32-33,35-36,59,62,68-69H,7-18,21,24-25,27,31,34,37-58,60-61,63-67H2,1-6H3,(H-,72,74,76,77)/p+1/b22-19-,23-20+,29-26+,30-28-,33-32-,36-35-,62-59-. The summed E-state index contributed by atoms with van der Waals surface area (Å²) in [6, 6.07) is -0.859. The van der Waals surface area contributed by atoms with Crippen molar-refractivity contribution >= 4 is 19.7 Å². The van der Waals surface area contributed by atoms with Gasteiger partial charge in [0.15, 0.2) is 0 Å². The number of unbranched alkanes of at least 4 members (excludes halogenated alkanes) is 34. The van der Waals surface area contributed by atoms with Gasteiger partial charge in [0.05, 0.1) is 33.8 Å². The second kappa shape index (κ2) is 60.3. The van der Waals surface area contributed by atoms with Crippen molar-refractivity contribution in [3.8, 4) is 0 Å². The molecule has 0 aromatic rings. The molecule has 0 saturated heterocycles. The summed E-state index contributed by atoms with van der Waals surface area (Å²) in [5.74, 6) is -0.518. The normalized spacial score (nSPS) is 14.1. The number of quaternary nitrogens is 1. The largest absolute Gasteiger partial charge is 0.472 e. The molecule has 2 N–H and O–H groups in total. The van der Waals surface area contributed by atoms with Gasteiger partial charge in [-0.15, -0.1) is 0 Å². The first-order valence-corrected chi connectivity index (χ1v) is 35.4. The molecule has 470 valence electrons. The van der Waals surface area contributed by atoms with Crippen LogP contribution in [0.15, 0.2) is 85.1 Å². The lowest BCUT2D eigenvalue weighted by Gasteiger charge is -2.27. The molecule has 0 bridgehead atoms. The minimum absolute atomic E-state index is 0.0350. The molecule has 0 aliphatic carbocycles. The van der Waals surface area contributed by atoms with Crippen LogP contribution in [0.25, 0.3) is 0 Å². The maximum atomic E-state index is 13.6. The Balaban J connectivity index is 5.11. The second-order valence-electron chi connectivity index (χ2n) is 24.0. The van der Waals surface area contributed by atoms with E-state index < -0.39 is 20.0 Å². The van der Waals surface area contributed by atoms with E-state index in [1.54, 1.807) is 0 Å². The summed E-state index contributed by atoms with van der Waals surface area (Å²) in [6.07, 6.45) is 80.1. The number of hydrogen-bond acceptors (Lipinski definition) is 6. The van der Waals surface area contributed by atoms with Crippen molar-refractivity contribution in [3.63, 3.8) is 0 Å². The van der Waals surface area contributed by atoms with Crippen molar-refractivity contribution < 1.29 is 37.3 Å². The van der Waals surface area contributed by atoms with Gasteiger partial charge in [0.2, 0.25) is 5.91 Å². The van der Waals surface area contributed by atoms with Crippen LogP contribution < -0.4 is 5.32 Å². The van der Waals surface area contributed by atoms with Gasteiger partial charge in [-0.1, -0.05) is 273 Å². The Morgan fingerprint density at radius 1 is 0.444 bits per heavy atom. The van der Waals surface area contributed by atoms with Gasteiger partial charge in [-0.25, -0.2) is 4.57 Å². The number of phosphoric acid groups is 1. The van der Waals surface area contributed by atoms with E-state index in [1.165, 1.54) is 173 Å². The van der Waals surface area contributed by atoms with Gasteiger partial charge >= 0.3 is 13.8 Å². The van der Waals surface area contributed by atoms with Gasteiger partial charge in [-0.2, -0.15) is 0 Å². The number of ether oxygens (including phenoxy) is 1. The number of amides is 1. The van der Waals surface area contributed by atoms with Crippen molar-refractivity contribution in [2.75, 3.05) is 40.9 Å². The Bertz CT molecular complexity index is 1660. The van der Waals surface area contributed by atoms with E-state index in [4.69, 9.17) is 13.8 Å². The number of carbonyl (C=O) groups excluding carboxylic acids is 2. The van der Waals surface area contributed by atoms with E-state index in [0.29, 0.717) is 17.4 Å². The van der Waals surface area contributed by atoms with Crippen molar-refractivity contribution in [3.05, 3.63) is 85.1 Å². The van der Waals surface area contributed by atoms with E-state index in [1.807, 2.05) is 33.3 Å². The number of nitrogens with one attached hydrogen (secondary N) is 1. The van der Waals surface area contributed by atoms with Crippen LogP contribution in [0.5, 0.6) is 0 Å². The number of carbonyl (C=O) groups is 2. The van der Waals surface area contributed by atoms with E-state index in [2.05, 4.69) is 99.0 Å². The Hall–Kier alpha value is -2.81. The highest BCUT2D eigenvalue weighted by Crippen LogP contribution is 2.43. The van der Waals surface area contributed by atoms with Crippen LogP contribution >= 0.6 is 7.82 Å². The average Bonchev–Trinajstić information content (AvgIpc) is 3.44. The average molecular weight is 1150 g/mol. The molecule has 0 saturated carbocycles. The van der Waals surface area contributed by atoms with Crippen LogP contribution in [0.1, 0.15) is 303 Å². The molecule has 0 spiro atoms. The summed E-state index contributed by atoms with van der Waals surface area (Å²) >= 11 is 0. The van der Waals surface area contributed by atoms with E-state index in [0.717, 1.165) is 96.3 Å². The smallest absolute Gasteiger partial charge is 0.456 e. The predicted molar refractivity (Wildman–Crippen MR) is 351 cm³/mol. The molecule has 0 aliphatic heterocycles. The Morgan fingerprint density at radius 2 is 0.790 bits per heavy atom. The van der Waals surface area contributed by atoms with E-state index in [-0.39, 0.29) is 31.5 Å². The summed E-state index contributed by atoms with van der Waals surface area (Å²) < 4.78 is 30.8. The summed E-state index contributed by atoms with van der Waals surface area (Å²) in [7, 11) is 1.48. The molecule has 0 heterocycles. The highest BCUT2D eigenvalue weighted by molar-refractivity contribution is 7.47. The zero-order valence-corrected chi connectivity index (χ0v) is 54.7. The lowest BCUT2D eigenvalue weighted by molar-refractivity contribution is -0.870. The lowest BCUT2D eigenvalue weighted by Crippen LogP contribution is -2.47. The number of likely N-dealkylation sites (N-methyl/N-ethyl adjacent to an activating group) is 1. The molecule has 0 rings (SSSR count). The van der Waals surface area contributed by atoms with Crippen LogP contribution in [-0.2, 0) is 27.9 Å². The van der Waals surface area contributed by atoms with Gasteiger partial charge in [-0.3, -0.25) is 18.6 Å². The summed E-state index contributed by atoms with van der Waals surface area (Å²) in [6.45, 7) is 6.96. The van der Waals surface area contributed by atoms with Gasteiger partial charge < -0.3 is 19.4 Å². The zero-order chi connectivity index (χ0) is 59.3. The van der Waals surface area contributed by atoms with Crippen molar-refractivity contribution in [2.45, 2.75) is 315 Å². The molecular weight excluding hydrogens is 1020 g/mol. The first-order valence-electron chi connectivity index (χ1n) is 33.9. The highest BCUT2D eigenvalue weighted by Gasteiger charge is 2.30. The third-order valence-corrected chi connectivity index (χ3v) is 15.8. The first-order chi connectivity index (χ1) is 39.4. The Morgan fingerprint density at radius 3 is 1.22 bits per heavy atom. The fraction of sp³-hybridized carbons (Fsp3) is 0.775. The van der Waals surface area contributed by atoms with Crippen LogP contribution in [-0.4, -0.2) is 74.3 Å². The lowest BCUT2D eigenvalue weighted by atomic mass is 10.0. The maximum absolute atomic E-state index is 13.6. The second-order valence-corrected chi connectivity index (χ2v) is 25.5. The van der Waals surface area contributed by atoms with E-state index >= 15 is 0 Å². The Labute approximate surface area is 501 Å². The zero-order valence-electron chi connectivity index (χ0n) is 53.8. The fourth-order valence-corrected chi connectivity index (χ4v) is 10.3. The quantitative estimate of drug-likeness (QED) is 0.0156. The number of nitrogens with zero attached hydrogens (tertiary/aromatic N) is 1. The molecule has 81 heavy (non-hydrogen) atoms. The first kappa shape index (κ1) is 78.2. The summed E-state index contributed by atoms with van der Waals surface area (Å²) in [5.41, 5.74) is 0. The van der Waals surface area contributed by atoms with E-state index in [9.17, 15) is 19.0 Å². The van der Waals surface area contributed by atoms with Crippen molar-refractivity contribution in [1.82, 2.24) is 5.32 Å². The maximum Gasteiger partial charge on any atom is 0.472 e. The van der Waals surface area contributed by atoms with Crippen molar-refractivity contribution in [1.29, 1.82) is 0 Å². The number of esters is 1. The summed E-state index contributed by atoms with van der Waals surface area (Å²) in [4.78, 5) is 37.8. The molecule has 1 amide bonds. The third kappa shape index (κ3) is 61.6. The monoisotopic (exact) mass is 1150 g/mol. The predicted octanol–water partition coefficient (Wildman–Crippen LogP) is 21.3. The highest BCUT2D eigenvalue weighted by atomic mass is 31.2. The SMILES string of the molecule is CCCCC/C=C\C/C=C\C/C=C\C/C=C\CCCCCCCCCCCCCC(=O)NC(COP(=O)(O)OCC[N+](C)(C)C)C(/C=C\CCCCCCCCCCCCC)OC(=O)CCCCCCCC/C=C/C=C/CCCCC.